The predicted molar refractivity (Wildman–Crippen MR) is 120 cm³/mol. The Morgan fingerprint density at radius 1 is 1.00 bits per heavy atom. The second kappa shape index (κ2) is 9.04. The molecule has 0 spiro atoms. The molecule has 4 rings (SSSR count). The lowest BCUT2D eigenvalue weighted by molar-refractivity contribution is -0.118. The van der Waals surface area contributed by atoms with Crippen LogP contribution in [-0.4, -0.2) is 37.8 Å². The zero-order chi connectivity index (χ0) is 22.5. The zero-order valence-corrected chi connectivity index (χ0v) is 16.9. The van der Waals surface area contributed by atoms with Crippen molar-refractivity contribution < 1.29 is 9.59 Å². The molecule has 1 aromatic carbocycles. The Balaban J connectivity index is 1.61. The van der Waals surface area contributed by atoms with Gasteiger partial charge in [0.05, 0.1) is 11.7 Å². The SMILES string of the molecule is NC(=O)c1ncc(N[C@H](Cc2ccncc2)C(N)=O)nc1Nc1ccc2ncccc2c1. The molecule has 0 saturated heterocycles. The third-order valence-electron chi connectivity index (χ3n) is 4.73. The molecule has 0 aliphatic rings. The molecule has 0 aliphatic heterocycles. The summed E-state index contributed by atoms with van der Waals surface area (Å²) in [5.74, 6) is -0.882. The molecule has 1 atom stereocenters. The summed E-state index contributed by atoms with van der Waals surface area (Å²) in [7, 11) is 0. The molecule has 32 heavy (non-hydrogen) atoms. The van der Waals surface area contributed by atoms with Gasteiger partial charge in [0.15, 0.2) is 11.5 Å². The van der Waals surface area contributed by atoms with Gasteiger partial charge in [0.25, 0.3) is 5.91 Å². The summed E-state index contributed by atoms with van der Waals surface area (Å²) in [5, 5.41) is 6.96. The van der Waals surface area contributed by atoms with Gasteiger partial charge in [0.2, 0.25) is 5.91 Å². The van der Waals surface area contributed by atoms with Crippen LogP contribution in [-0.2, 0) is 11.2 Å². The van der Waals surface area contributed by atoms with E-state index in [0.717, 1.165) is 16.5 Å². The van der Waals surface area contributed by atoms with Gasteiger partial charge in [0, 0.05) is 36.1 Å². The van der Waals surface area contributed by atoms with Crippen LogP contribution in [0.4, 0.5) is 17.3 Å². The predicted octanol–water partition coefficient (Wildman–Crippen LogP) is 1.77. The Morgan fingerprint density at radius 3 is 2.56 bits per heavy atom. The van der Waals surface area contributed by atoms with Crippen molar-refractivity contribution in [1.29, 1.82) is 0 Å². The summed E-state index contributed by atoms with van der Waals surface area (Å²) in [6.07, 6.45) is 6.64. The Bertz CT molecular complexity index is 1280. The van der Waals surface area contributed by atoms with Crippen molar-refractivity contribution in [2.45, 2.75) is 12.5 Å². The number of primary amides is 2. The number of nitrogens with zero attached hydrogens (tertiary/aromatic N) is 4. The molecule has 3 aromatic heterocycles. The van der Waals surface area contributed by atoms with E-state index in [1.54, 1.807) is 36.8 Å². The van der Waals surface area contributed by atoms with Crippen molar-refractivity contribution in [1.82, 2.24) is 19.9 Å². The number of nitrogens with one attached hydrogen (secondary N) is 2. The van der Waals surface area contributed by atoms with Crippen LogP contribution in [0.3, 0.4) is 0 Å². The molecule has 0 aliphatic carbocycles. The van der Waals surface area contributed by atoms with E-state index in [0.29, 0.717) is 12.1 Å². The maximum Gasteiger partial charge on any atom is 0.271 e. The molecule has 0 saturated carbocycles. The van der Waals surface area contributed by atoms with E-state index >= 15 is 0 Å². The van der Waals surface area contributed by atoms with Gasteiger partial charge in [-0.1, -0.05) is 6.07 Å². The lowest BCUT2D eigenvalue weighted by Gasteiger charge is -2.17. The normalized spacial score (nSPS) is 11.6. The largest absolute Gasteiger partial charge is 0.368 e. The van der Waals surface area contributed by atoms with Crippen molar-refractivity contribution in [2.75, 3.05) is 10.6 Å². The highest BCUT2D eigenvalue weighted by molar-refractivity contribution is 5.97. The first-order valence-corrected chi connectivity index (χ1v) is 9.73. The number of fused-ring (bicyclic) bond motifs is 1. The van der Waals surface area contributed by atoms with E-state index in [4.69, 9.17) is 11.5 Å². The van der Waals surface area contributed by atoms with Gasteiger partial charge in [-0.25, -0.2) is 9.97 Å². The first-order chi connectivity index (χ1) is 15.5. The summed E-state index contributed by atoms with van der Waals surface area (Å²) in [6, 6.07) is 12.1. The fourth-order valence-electron chi connectivity index (χ4n) is 3.17. The number of benzene rings is 1. The lowest BCUT2D eigenvalue weighted by atomic mass is 10.1. The number of nitrogens with two attached hydrogens (primary N) is 2. The van der Waals surface area contributed by atoms with Gasteiger partial charge in [-0.2, -0.15) is 0 Å². The quantitative estimate of drug-likeness (QED) is 0.330. The topological polar surface area (TPSA) is 162 Å². The summed E-state index contributed by atoms with van der Waals surface area (Å²) in [6.45, 7) is 0. The number of carbonyl (C=O) groups excluding carboxylic acids is 2. The van der Waals surface area contributed by atoms with Crippen LogP contribution in [0.25, 0.3) is 10.9 Å². The average Bonchev–Trinajstić information content (AvgIpc) is 2.79. The number of amides is 2. The van der Waals surface area contributed by atoms with E-state index in [9.17, 15) is 9.59 Å². The standard InChI is InChI=1S/C22H20N8O2/c23-20(31)17(10-13-5-8-25-9-6-13)29-18-12-27-19(21(24)32)22(30-18)28-15-3-4-16-14(11-15)2-1-7-26-16/h1-9,11-12,17H,10H2,(H2,23,31)(H2,24,32)(H2,28,29,30)/t17-/m1/s1. The van der Waals surface area contributed by atoms with Gasteiger partial charge in [-0.3, -0.25) is 19.6 Å². The molecule has 4 aromatic rings. The van der Waals surface area contributed by atoms with Gasteiger partial charge in [0.1, 0.15) is 11.9 Å². The molecular weight excluding hydrogens is 408 g/mol. The highest BCUT2D eigenvalue weighted by atomic mass is 16.1. The molecule has 0 bridgehead atoms. The Kier molecular flexibility index (Phi) is 5.84. The van der Waals surface area contributed by atoms with Crippen LogP contribution in [0.1, 0.15) is 16.1 Å². The fraction of sp³-hybridized carbons (Fsp3) is 0.0909. The van der Waals surface area contributed by atoms with Crippen molar-refractivity contribution >= 4 is 40.0 Å². The zero-order valence-electron chi connectivity index (χ0n) is 16.9. The molecule has 160 valence electrons. The van der Waals surface area contributed by atoms with Crippen LogP contribution in [0.15, 0.2) is 67.3 Å². The van der Waals surface area contributed by atoms with E-state index in [2.05, 4.69) is 30.6 Å². The van der Waals surface area contributed by atoms with Crippen molar-refractivity contribution in [3.8, 4) is 0 Å². The minimum atomic E-state index is -0.745. The molecule has 3 heterocycles. The maximum absolute atomic E-state index is 12.0. The first kappa shape index (κ1) is 20.7. The minimum Gasteiger partial charge on any atom is -0.368 e. The van der Waals surface area contributed by atoms with Crippen molar-refractivity contribution in [2.24, 2.45) is 11.5 Å². The molecular formula is C22H20N8O2. The Labute approximate surface area is 183 Å². The van der Waals surface area contributed by atoms with Crippen LogP contribution in [0.5, 0.6) is 0 Å². The Hall–Kier alpha value is -4.60. The van der Waals surface area contributed by atoms with Gasteiger partial charge in [-0.15, -0.1) is 0 Å². The van der Waals surface area contributed by atoms with E-state index in [1.165, 1.54) is 6.20 Å². The highest BCUT2D eigenvalue weighted by Crippen LogP contribution is 2.23. The third kappa shape index (κ3) is 4.75. The molecule has 0 radical (unpaired) electrons. The molecule has 0 fully saturated rings. The molecule has 2 amide bonds. The fourth-order valence-corrected chi connectivity index (χ4v) is 3.17. The van der Waals surface area contributed by atoms with E-state index in [1.807, 2.05) is 24.3 Å². The van der Waals surface area contributed by atoms with Crippen LogP contribution in [0.2, 0.25) is 0 Å². The van der Waals surface area contributed by atoms with E-state index in [-0.39, 0.29) is 17.3 Å². The number of aromatic nitrogens is 4. The lowest BCUT2D eigenvalue weighted by Crippen LogP contribution is -2.37. The van der Waals surface area contributed by atoms with Crippen LogP contribution >= 0.6 is 0 Å². The number of hydrogen-bond donors (Lipinski definition) is 4. The Morgan fingerprint density at radius 2 is 1.81 bits per heavy atom. The number of anilines is 3. The maximum atomic E-state index is 12.0. The number of rotatable bonds is 8. The number of hydrogen-bond acceptors (Lipinski definition) is 8. The second-order valence-electron chi connectivity index (χ2n) is 7.01. The van der Waals surface area contributed by atoms with Crippen LogP contribution < -0.4 is 22.1 Å². The highest BCUT2D eigenvalue weighted by Gasteiger charge is 2.19. The van der Waals surface area contributed by atoms with Crippen LogP contribution in [0, 0.1) is 0 Å². The summed E-state index contributed by atoms with van der Waals surface area (Å²) < 4.78 is 0. The molecule has 10 nitrogen and oxygen atoms in total. The van der Waals surface area contributed by atoms with Gasteiger partial charge in [-0.05, 0) is 42.0 Å². The van der Waals surface area contributed by atoms with Crippen molar-refractivity contribution in [3.63, 3.8) is 0 Å². The molecule has 6 N–H and O–H groups in total. The molecule has 10 heteroatoms. The van der Waals surface area contributed by atoms with Gasteiger partial charge >= 0.3 is 0 Å². The number of carbonyl (C=O) groups is 2. The van der Waals surface area contributed by atoms with E-state index < -0.39 is 17.9 Å². The smallest absolute Gasteiger partial charge is 0.271 e. The minimum absolute atomic E-state index is 0.0356. The summed E-state index contributed by atoms with van der Waals surface area (Å²) >= 11 is 0. The third-order valence-corrected chi connectivity index (χ3v) is 4.73. The van der Waals surface area contributed by atoms with Gasteiger partial charge < -0.3 is 22.1 Å². The molecule has 0 unspecified atom stereocenters. The first-order valence-electron chi connectivity index (χ1n) is 9.73. The monoisotopic (exact) mass is 428 g/mol. The summed E-state index contributed by atoms with van der Waals surface area (Å²) in [4.78, 5) is 40.6. The number of pyridine rings is 2. The second-order valence-corrected chi connectivity index (χ2v) is 7.01. The average molecular weight is 428 g/mol. The summed E-state index contributed by atoms with van der Waals surface area (Å²) in [5.41, 5.74) is 13.4. The van der Waals surface area contributed by atoms with Crippen molar-refractivity contribution in [3.05, 3.63) is 78.5 Å².